The minimum Gasteiger partial charge on any atom is -0.482 e. The largest absolute Gasteiger partial charge is 0.482 e. The molecule has 2 N–H and O–H groups in total. The lowest BCUT2D eigenvalue weighted by molar-refractivity contribution is -0.00320. The zero-order valence-corrected chi connectivity index (χ0v) is 30.2. The molecule has 0 radical (unpaired) electrons. The Kier molecular flexibility index (Phi) is 10.4. The van der Waals surface area contributed by atoms with Crippen LogP contribution < -0.4 is 15.4 Å². The maximum atomic E-state index is 13.7. The summed E-state index contributed by atoms with van der Waals surface area (Å²) in [7, 11) is 1.54. The van der Waals surface area contributed by atoms with Crippen molar-refractivity contribution in [1.29, 1.82) is 0 Å². The number of hydrogen-bond acceptors (Lipinski definition) is 10. The molecule has 3 heterocycles. The molecule has 4 atom stereocenters. The van der Waals surface area contributed by atoms with Gasteiger partial charge in [0.25, 0.3) is 11.8 Å². The highest BCUT2D eigenvalue weighted by molar-refractivity contribution is 6.03. The molecule has 1 saturated heterocycles. The molecule has 264 valence electrons. The lowest BCUT2D eigenvalue weighted by Crippen LogP contribution is -2.55. The monoisotopic (exact) mass is 674 g/mol. The highest BCUT2D eigenvalue weighted by Crippen LogP contribution is 2.39. The number of ether oxygens (including phenoxy) is 2. The standard InChI is InChI=1S/C36H50N8O5/c1-21-16-30(27(32(45)37-9)17-26(21)33(46)40-36(8)22(2)18-38-24(4)39-36)48-31(29-13-12-28(41-42-29)25-10-11-25)20-43-14-15-44(23(3)19-43)34(47)49-35(5,6)7/h12-13,16-18,22-23,25,31H,10-11,14-15,19-20H2,1-9H3,(H,37,45)(H,40,46)/t22?,23-,31?,36?/m1/s1. The van der Waals surface area contributed by atoms with Gasteiger partial charge < -0.3 is 25.0 Å². The highest BCUT2D eigenvalue weighted by Gasteiger charge is 2.36. The third kappa shape index (κ3) is 8.62. The first-order chi connectivity index (χ1) is 23.1. The van der Waals surface area contributed by atoms with Crippen molar-refractivity contribution in [3.8, 4) is 5.75 Å². The average Bonchev–Trinajstić information content (AvgIpc) is 3.87. The fourth-order valence-corrected chi connectivity index (χ4v) is 6.10. The van der Waals surface area contributed by atoms with E-state index in [1.807, 2.05) is 60.6 Å². The second-order valence-corrected chi connectivity index (χ2v) is 14.6. The van der Waals surface area contributed by atoms with E-state index in [0.717, 1.165) is 18.5 Å². The summed E-state index contributed by atoms with van der Waals surface area (Å²) in [5, 5.41) is 14.8. The van der Waals surface area contributed by atoms with Gasteiger partial charge in [-0.3, -0.25) is 14.5 Å². The maximum absolute atomic E-state index is 13.7. The lowest BCUT2D eigenvalue weighted by Gasteiger charge is -2.41. The Morgan fingerprint density at radius 2 is 1.78 bits per heavy atom. The van der Waals surface area contributed by atoms with Crippen molar-refractivity contribution in [2.45, 2.75) is 97.6 Å². The van der Waals surface area contributed by atoms with Crippen molar-refractivity contribution >= 4 is 30.0 Å². The van der Waals surface area contributed by atoms with Crippen LogP contribution >= 0.6 is 0 Å². The van der Waals surface area contributed by atoms with E-state index in [-0.39, 0.29) is 29.5 Å². The van der Waals surface area contributed by atoms with Gasteiger partial charge in [0.1, 0.15) is 28.5 Å². The number of nitrogens with zero attached hydrogens (tertiary/aromatic N) is 6. The van der Waals surface area contributed by atoms with Crippen molar-refractivity contribution in [2.24, 2.45) is 15.9 Å². The molecule has 3 amide bonds. The van der Waals surface area contributed by atoms with Gasteiger partial charge in [0.2, 0.25) is 0 Å². The summed E-state index contributed by atoms with van der Waals surface area (Å²) >= 11 is 0. The van der Waals surface area contributed by atoms with Crippen LogP contribution in [0.15, 0.2) is 34.3 Å². The number of aromatic nitrogens is 2. The van der Waals surface area contributed by atoms with Crippen molar-refractivity contribution in [2.75, 3.05) is 33.2 Å². The van der Waals surface area contributed by atoms with Crippen molar-refractivity contribution in [3.63, 3.8) is 0 Å². The Balaban J connectivity index is 1.41. The summed E-state index contributed by atoms with van der Waals surface area (Å²) in [6, 6.07) is 7.14. The SMILES string of the molecule is CNC(=O)c1cc(C(=O)NC2(C)N=C(C)N=CC2C)c(C)cc1OC(CN1CCN(C(=O)OC(C)(C)C)[C@H](C)C1)c1ccc(C2CC2)nn1. The zero-order chi connectivity index (χ0) is 35.7. The normalized spacial score (nSPS) is 23.4. The van der Waals surface area contributed by atoms with E-state index in [4.69, 9.17) is 9.47 Å². The third-order valence-corrected chi connectivity index (χ3v) is 9.24. The quantitative estimate of drug-likeness (QED) is 0.390. The topological polar surface area (TPSA) is 151 Å². The van der Waals surface area contributed by atoms with Gasteiger partial charge in [-0.25, -0.2) is 14.8 Å². The Morgan fingerprint density at radius 3 is 2.39 bits per heavy atom. The van der Waals surface area contributed by atoms with Crippen LogP contribution in [0, 0.1) is 12.8 Å². The molecule has 0 bridgehead atoms. The number of nitrogens with one attached hydrogen (secondary N) is 2. The summed E-state index contributed by atoms with van der Waals surface area (Å²) in [5.41, 5.74) is 1.32. The van der Waals surface area contributed by atoms with Gasteiger partial charge in [-0.05, 0) is 91.1 Å². The number of rotatable bonds is 9. The summed E-state index contributed by atoms with van der Waals surface area (Å²) in [4.78, 5) is 52.7. The fraction of sp³-hybridized carbons (Fsp3) is 0.583. The van der Waals surface area contributed by atoms with Crippen LogP contribution in [0.4, 0.5) is 4.79 Å². The summed E-state index contributed by atoms with van der Waals surface area (Å²) in [6.07, 6.45) is 3.08. The van der Waals surface area contributed by atoms with E-state index < -0.39 is 23.3 Å². The predicted octanol–water partition coefficient (Wildman–Crippen LogP) is 4.67. The summed E-state index contributed by atoms with van der Waals surface area (Å²) < 4.78 is 12.3. The fourth-order valence-electron chi connectivity index (χ4n) is 6.10. The molecule has 2 aliphatic heterocycles. The number of aliphatic imine (C=N–C) groups is 2. The second kappa shape index (κ2) is 14.2. The van der Waals surface area contributed by atoms with Crippen LogP contribution in [0.2, 0.25) is 0 Å². The van der Waals surface area contributed by atoms with Crippen molar-refractivity contribution < 1.29 is 23.9 Å². The number of carbonyl (C=O) groups is 3. The van der Waals surface area contributed by atoms with Crippen LogP contribution in [-0.4, -0.2) is 100 Å². The van der Waals surface area contributed by atoms with E-state index in [0.29, 0.717) is 60.5 Å². The molecular weight excluding hydrogens is 624 g/mol. The van der Waals surface area contributed by atoms with Crippen LogP contribution in [0.25, 0.3) is 0 Å². The van der Waals surface area contributed by atoms with E-state index in [1.54, 1.807) is 37.2 Å². The van der Waals surface area contributed by atoms with Crippen LogP contribution in [0.1, 0.15) is 111 Å². The first-order valence-corrected chi connectivity index (χ1v) is 17.1. The zero-order valence-electron chi connectivity index (χ0n) is 30.2. The van der Waals surface area contributed by atoms with Gasteiger partial charge in [-0.15, -0.1) is 0 Å². The molecule has 1 aliphatic carbocycles. The first kappa shape index (κ1) is 35.9. The molecule has 2 aromatic rings. The van der Waals surface area contributed by atoms with Gasteiger partial charge in [0.05, 0.1) is 11.3 Å². The summed E-state index contributed by atoms with van der Waals surface area (Å²) in [6.45, 7) is 17.1. The number of aryl methyl sites for hydroxylation is 1. The first-order valence-electron chi connectivity index (χ1n) is 17.1. The van der Waals surface area contributed by atoms with Crippen molar-refractivity contribution in [3.05, 3.63) is 52.3 Å². The molecule has 2 fully saturated rings. The number of amides is 3. The third-order valence-electron chi connectivity index (χ3n) is 9.24. The molecule has 1 saturated carbocycles. The molecule has 3 unspecified atom stereocenters. The molecule has 1 aromatic carbocycles. The number of benzene rings is 1. The molecule has 0 spiro atoms. The van der Waals surface area contributed by atoms with E-state index >= 15 is 0 Å². The second-order valence-electron chi connectivity index (χ2n) is 14.6. The summed E-state index contributed by atoms with van der Waals surface area (Å²) in [5.74, 6) is 0.465. The highest BCUT2D eigenvalue weighted by atomic mass is 16.6. The number of hydrogen-bond donors (Lipinski definition) is 2. The number of carbonyl (C=O) groups excluding carboxylic acids is 3. The minimum atomic E-state index is -0.890. The van der Waals surface area contributed by atoms with Crippen molar-refractivity contribution in [1.82, 2.24) is 30.6 Å². The van der Waals surface area contributed by atoms with Crippen LogP contribution in [0.3, 0.4) is 0 Å². The predicted molar refractivity (Wildman–Crippen MR) is 187 cm³/mol. The maximum Gasteiger partial charge on any atom is 0.410 e. The average molecular weight is 675 g/mol. The van der Waals surface area contributed by atoms with E-state index in [2.05, 4.69) is 35.7 Å². The Bertz CT molecular complexity index is 1630. The molecular formula is C36H50N8O5. The van der Waals surface area contributed by atoms with Gasteiger partial charge in [0, 0.05) is 62.9 Å². The van der Waals surface area contributed by atoms with Gasteiger partial charge in [-0.1, -0.05) is 6.92 Å². The molecule has 1 aromatic heterocycles. The molecule has 3 aliphatic rings. The van der Waals surface area contributed by atoms with Crippen LogP contribution in [0.5, 0.6) is 5.75 Å². The molecule has 13 nitrogen and oxygen atoms in total. The smallest absolute Gasteiger partial charge is 0.410 e. The van der Waals surface area contributed by atoms with E-state index in [9.17, 15) is 14.4 Å². The van der Waals surface area contributed by atoms with Gasteiger partial charge in [0.15, 0.2) is 6.10 Å². The van der Waals surface area contributed by atoms with E-state index in [1.165, 1.54) is 0 Å². The number of piperazine rings is 1. The Hall–Kier alpha value is -4.39. The number of amidine groups is 1. The van der Waals surface area contributed by atoms with Gasteiger partial charge in [-0.2, -0.15) is 10.2 Å². The molecule has 13 heteroatoms. The Morgan fingerprint density at radius 1 is 1.04 bits per heavy atom. The van der Waals surface area contributed by atoms with Gasteiger partial charge >= 0.3 is 6.09 Å². The molecule has 49 heavy (non-hydrogen) atoms. The van der Waals surface area contributed by atoms with Crippen LogP contribution in [-0.2, 0) is 4.74 Å². The Labute approximate surface area is 288 Å². The lowest BCUT2D eigenvalue weighted by atomic mass is 9.95. The molecule has 5 rings (SSSR count). The minimum absolute atomic E-state index is 0.0952.